The SMILES string of the molecule is COc1cc2c3c(n(CCCN(C)C)c(=O)c2cc1OC)-c1cnccc1C3=O. The van der Waals surface area contributed by atoms with Gasteiger partial charge in [0.2, 0.25) is 0 Å². The Morgan fingerprint density at radius 3 is 2.38 bits per heavy atom. The zero-order valence-corrected chi connectivity index (χ0v) is 17.0. The van der Waals surface area contributed by atoms with E-state index in [9.17, 15) is 9.59 Å². The molecule has 150 valence electrons. The smallest absolute Gasteiger partial charge is 0.259 e. The zero-order chi connectivity index (χ0) is 20.7. The lowest BCUT2D eigenvalue weighted by atomic mass is 10.0. The van der Waals surface area contributed by atoms with Crippen LogP contribution in [0.25, 0.3) is 22.0 Å². The number of hydrogen-bond acceptors (Lipinski definition) is 6. The maximum Gasteiger partial charge on any atom is 0.259 e. The molecule has 2 aromatic heterocycles. The van der Waals surface area contributed by atoms with Crippen LogP contribution in [0.3, 0.4) is 0 Å². The number of methoxy groups -OCH3 is 2. The van der Waals surface area contributed by atoms with Gasteiger partial charge in [0, 0.05) is 35.5 Å². The van der Waals surface area contributed by atoms with Crippen LogP contribution >= 0.6 is 0 Å². The minimum absolute atomic E-state index is 0.101. The van der Waals surface area contributed by atoms with Gasteiger partial charge in [0.1, 0.15) is 0 Å². The van der Waals surface area contributed by atoms with Gasteiger partial charge in [-0.2, -0.15) is 0 Å². The second kappa shape index (κ2) is 7.33. The molecule has 2 heterocycles. The Morgan fingerprint density at radius 1 is 1.03 bits per heavy atom. The highest BCUT2D eigenvalue weighted by atomic mass is 16.5. The number of rotatable bonds is 6. The molecule has 0 bridgehead atoms. The number of carbonyl (C=O) groups is 1. The number of nitrogens with zero attached hydrogens (tertiary/aromatic N) is 3. The molecule has 1 aliphatic rings. The largest absolute Gasteiger partial charge is 0.493 e. The minimum atomic E-state index is -0.150. The maximum absolute atomic E-state index is 13.5. The summed E-state index contributed by atoms with van der Waals surface area (Å²) in [6.45, 7) is 1.34. The Labute approximate surface area is 168 Å². The van der Waals surface area contributed by atoms with Gasteiger partial charge in [-0.1, -0.05) is 0 Å². The first-order valence-corrected chi connectivity index (χ1v) is 9.44. The molecule has 7 nitrogen and oxygen atoms in total. The molecule has 3 aromatic rings. The molecule has 29 heavy (non-hydrogen) atoms. The van der Waals surface area contributed by atoms with E-state index in [-0.39, 0.29) is 11.3 Å². The average molecular weight is 393 g/mol. The van der Waals surface area contributed by atoms with Crippen molar-refractivity contribution in [3.63, 3.8) is 0 Å². The number of ether oxygens (including phenoxy) is 2. The van der Waals surface area contributed by atoms with Gasteiger partial charge in [0.05, 0.1) is 30.9 Å². The van der Waals surface area contributed by atoms with Crippen LogP contribution in [0, 0.1) is 0 Å². The first kappa shape index (κ1) is 19.1. The summed E-state index contributed by atoms with van der Waals surface area (Å²) in [4.78, 5) is 33.0. The summed E-state index contributed by atoms with van der Waals surface area (Å²) in [7, 11) is 7.05. The van der Waals surface area contributed by atoms with Crippen molar-refractivity contribution in [1.82, 2.24) is 14.5 Å². The predicted octanol–water partition coefficient (Wildman–Crippen LogP) is 2.58. The predicted molar refractivity (Wildman–Crippen MR) is 111 cm³/mol. The molecule has 0 N–H and O–H groups in total. The molecule has 0 unspecified atom stereocenters. The summed E-state index contributed by atoms with van der Waals surface area (Å²) in [5.74, 6) is 0.839. The molecule has 0 atom stereocenters. The molecular formula is C22H23N3O4. The van der Waals surface area contributed by atoms with E-state index in [0.29, 0.717) is 51.2 Å². The number of ketones is 1. The van der Waals surface area contributed by atoms with Crippen molar-refractivity contribution in [2.45, 2.75) is 13.0 Å². The molecule has 0 amide bonds. The van der Waals surface area contributed by atoms with Crippen LogP contribution < -0.4 is 15.0 Å². The standard InChI is InChI=1S/C22H23N3O4/c1-24(2)8-5-9-25-20-16-12-23-7-6-13(16)21(26)19(20)14-10-17(28-3)18(29-4)11-15(14)22(25)27/h6-7,10-12H,5,8-9H2,1-4H3. The van der Waals surface area contributed by atoms with Gasteiger partial charge < -0.3 is 18.9 Å². The van der Waals surface area contributed by atoms with E-state index in [2.05, 4.69) is 9.88 Å². The van der Waals surface area contributed by atoms with Crippen LogP contribution in [0.4, 0.5) is 0 Å². The Balaban J connectivity index is 2.05. The molecule has 1 aromatic carbocycles. The van der Waals surface area contributed by atoms with Crippen LogP contribution in [0.5, 0.6) is 11.5 Å². The van der Waals surface area contributed by atoms with E-state index in [1.807, 2.05) is 14.1 Å². The number of pyridine rings is 2. The quantitative estimate of drug-likeness (QED) is 0.501. The molecule has 0 spiro atoms. The van der Waals surface area contributed by atoms with Crippen molar-refractivity contribution in [2.75, 3.05) is 34.9 Å². The van der Waals surface area contributed by atoms with E-state index in [0.717, 1.165) is 13.0 Å². The normalized spacial score (nSPS) is 12.4. The van der Waals surface area contributed by atoms with Crippen LogP contribution in [0.2, 0.25) is 0 Å². The molecule has 0 fully saturated rings. The fraction of sp³-hybridized carbons (Fsp3) is 0.318. The third kappa shape index (κ3) is 2.98. The average Bonchev–Trinajstić information content (AvgIpc) is 3.02. The Morgan fingerprint density at radius 2 is 1.72 bits per heavy atom. The van der Waals surface area contributed by atoms with Gasteiger partial charge in [-0.3, -0.25) is 14.6 Å². The first-order valence-electron chi connectivity index (χ1n) is 9.44. The number of aromatic nitrogens is 2. The fourth-order valence-corrected chi connectivity index (χ4v) is 3.96. The lowest BCUT2D eigenvalue weighted by Gasteiger charge is -2.17. The molecule has 0 saturated carbocycles. The summed E-state index contributed by atoms with van der Waals surface area (Å²) in [5.41, 5.74) is 2.28. The topological polar surface area (TPSA) is 73.7 Å². The van der Waals surface area contributed by atoms with Crippen molar-refractivity contribution in [1.29, 1.82) is 0 Å². The van der Waals surface area contributed by atoms with Gasteiger partial charge in [-0.25, -0.2) is 0 Å². The number of carbonyl (C=O) groups excluding carboxylic acids is 1. The van der Waals surface area contributed by atoms with Crippen LogP contribution in [0.1, 0.15) is 22.3 Å². The minimum Gasteiger partial charge on any atom is -0.493 e. The van der Waals surface area contributed by atoms with E-state index in [4.69, 9.17) is 9.47 Å². The molecule has 7 heteroatoms. The van der Waals surface area contributed by atoms with Crippen LogP contribution in [0.15, 0.2) is 35.4 Å². The highest BCUT2D eigenvalue weighted by Gasteiger charge is 2.33. The van der Waals surface area contributed by atoms with Crippen molar-refractivity contribution in [3.05, 3.63) is 52.1 Å². The van der Waals surface area contributed by atoms with Gasteiger partial charge in [0.25, 0.3) is 5.56 Å². The highest BCUT2D eigenvalue weighted by Crippen LogP contribution is 2.41. The van der Waals surface area contributed by atoms with Crippen LogP contribution in [-0.2, 0) is 6.54 Å². The van der Waals surface area contributed by atoms with Gasteiger partial charge in [-0.05, 0) is 45.3 Å². The maximum atomic E-state index is 13.5. The van der Waals surface area contributed by atoms with Crippen LogP contribution in [-0.4, -0.2) is 55.1 Å². The summed E-state index contributed by atoms with van der Waals surface area (Å²) < 4.78 is 12.5. The Hall–Kier alpha value is -3.19. The molecule has 4 rings (SSSR count). The highest BCUT2D eigenvalue weighted by molar-refractivity contribution is 6.26. The molecule has 0 radical (unpaired) electrons. The Bertz CT molecular complexity index is 1180. The molecule has 0 aliphatic heterocycles. The molecule has 1 aliphatic carbocycles. The first-order chi connectivity index (χ1) is 14.0. The third-order valence-electron chi connectivity index (χ3n) is 5.31. The van der Waals surface area contributed by atoms with Crippen molar-refractivity contribution in [3.8, 4) is 22.8 Å². The second-order valence-corrected chi connectivity index (χ2v) is 7.34. The summed E-state index contributed by atoms with van der Waals surface area (Å²) in [6, 6.07) is 5.09. The summed E-state index contributed by atoms with van der Waals surface area (Å²) in [6.07, 6.45) is 4.04. The molecule has 0 saturated heterocycles. The van der Waals surface area contributed by atoms with E-state index < -0.39 is 0 Å². The van der Waals surface area contributed by atoms with Gasteiger partial charge in [-0.15, -0.1) is 0 Å². The number of benzene rings is 1. The molecular weight excluding hydrogens is 370 g/mol. The van der Waals surface area contributed by atoms with Gasteiger partial charge >= 0.3 is 0 Å². The fourth-order valence-electron chi connectivity index (χ4n) is 3.96. The third-order valence-corrected chi connectivity index (χ3v) is 5.31. The lowest BCUT2D eigenvalue weighted by Crippen LogP contribution is -2.25. The second-order valence-electron chi connectivity index (χ2n) is 7.34. The zero-order valence-electron chi connectivity index (χ0n) is 17.0. The summed E-state index contributed by atoms with van der Waals surface area (Å²) >= 11 is 0. The number of hydrogen-bond donors (Lipinski definition) is 0. The van der Waals surface area contributed by atoms with E-state index >= 15 is 0 Å². The monoisotopic (exact) mass is 393 g/mol. The Kier molecular flexibility index (Phi) is 4.84. The summed E-state index contributed by atoms with van der Waals surface area (Å²) in [5, 5.41) is 1.02. The van der Waals surface area contributed by atoms with Crippen molar-refractivity contribution < 1.29 is 14.3 Å². The van der Waals surface area contributed by atoms with Gasteiger partial charge in [0.15, 0.2) is 17.3 Å². The lowest BCUT2D eigenvalue weighted by molar-refractivity contribution is 0.104. The van der Waals surface area contributed by atoms with E-state index in [1.165, 1.54) is 14.2 Å². The van der Waals surface area contributed by atoms with Crippen molar-refractivity contribution in [2.24, 2.45) is 0 Å². The van der Waals surface area contributed by atoms with E-state index in [1.54, 1.807) is 35.2 Å². The van der Waals surface area contributed by atoms with Crippen molar-refractivity contribution >= 4 is 16.6 Å². The number of fused-ring (bicyclic) bond motifs is 5.